The molecule has 4 nitrogen and oxygen atoms in total. The average molecular weight is 468 g/mol. The maximum atomic E-state index is 14.2. The van der Waals surface area contributed by atoms with E-state index >= 15 is 0 Å². The molecule has 0 aliphatic carbocycles. The lowest BCUT2D eigenvalue weighted by Gasteiger charge is -2.19. The fourth-order valence-corrected chi connectivity index (χ4v) is 6.23. The van der Waals surface area contributed by atoms with E-state index in [1.165, 1.54) is 43.5 Å². The Morgan fingerprint density at radius 2 is 1.21 bits per heavy atom. The molecule has 1 atom stereocenters. The fraction of sp³-hybridized carbons (Fsp3) is 0.0476. The van der Waals surface area contributed by atoms with Crippen LogP contribution in [-0.4, -0.2) is 18.2 Å². The van der Waals surface area contributed by atoms with E-state index in [2.05, 4.69) is 0 Å². The van der Waals surface area contributed by atoms with Crippen LogP contribution in [0.25, 0.3) is 0 Å². The van der Waals surface area contributed by atoms with Gasteiger partial charge in [-0.1, -0.05) is 77.3 Å². The molecule has 0 saturated carbocycles. The Kier molecular flexibility index (Phi) is 6.50. The Bertz CT molecular complexity index is 1130. The normalized spacial score (nSPS) is 12.8. The van der Waals surface area contributed by atoms with E-state index in [1.807, 2.05) is 0 Å². The molecule has 0 aromatic heterocycles. The summed E-state index contributed by atoms with van der Waals surface area (Å²) in [7, 11) is -3.08. The molecule has 8 heteroatoms. The summed E-state index contributed by atoms with van der Waals surface area (Å²) in [5.74, 6) is 0.108. The van der Waals surface area contributed by atoms with Crippen molar-refractivity contribution < 1.29 is 18.9 Å². The van der Waals surface area contributed by atoms with Crippen molar-refractivity contribution in [3.05, 3.63) is 92.9 Å². The number of hydrogen-bond donors (Lipinski definition) is 0. The minimum Gasteiger partial charge on any atom is -0.496 e. The highest BCUT2D eigenvalue weighted by molar-refractivity contribution is 8.01. The third kappa shape index (κ3) is 3.86. The number of carbonyl (C=O) groups excluding carboxylic acids is 2. The molecule has 0 aliphatic heterocycles. The molecule has 0 amide bonds. The van der Waals surface area contributed by atoms with Gasteiger partial charge in [-0.25, -0.2) is 0 Å². The van der Waals surface area contributed by atoms with E-state index in [1.54, 1.807) is 30.3 Å². The van der Waals surface area contributed by atoms with Crippen LogP contribution in [0.3, 0.4) is 0 Å². The van der Waals surface area contributed by atoms with Gasteiger partial charge in [0, 0.05) is 5.30 Å². The van der Waals surface area contributed by atoms with Crippen molar-refractivity contribution in [2.45, 2.75) is 0 Å². The number of rotatable bonds is 6. The van der Waals surface area contributed by atoms with Crippen LogP contribution in [-0.2, 0) is 4.57 Å². The van der Waals surface area contributed by atoms with Gasteiger partial charge in [0.1, 0.15) is 5.75 Å². The molecule has 3 aromatic carbocycles. The van der Waals surface area contributed by atoms with Gasteiger partial charge in [-0.2, -0.15) is 0 Å². The van der Waals surface area contributed by atoms with Gasteiger partial charge in [0.2, 0.25) is 18.2 Å². The molecule has 0 radical (unpaired) electrons. The Morgan fingerprint density at radius 3 is 1.76 bits per heavy atom. The first-order chi connectivity index (χ1) is 13.8. The molecule has 3 rings (SSSR count). The predicted octanol–water partition coefficient (Wildman–Crippen LogP) is 6.32. The first kappa shape index (κ1) is 21.6. The summed E-state index contributed by atoms with van der Waals surface area (Å²) in [4.78, 5) is 27.1. The summed E-state index contributed by atoms with van der Waals surface area (Å²) in [6, 6.07) is 16.7. The first-order valence-corrected chi connectivity index (χ1v) is 11.2. The molecule has 148 valence electrons. The van der Waals surface area contributed by atoms with E-state index in [-0.39, 0.29) is 37.2 Å². The second-order valence-corrected chi connectivity index (χ2v) is 9.74. The van der Waals surface area contributed by atoms with Crippen LogP contribution < -0.4 is 10.0 Å². The van der Waals surface area contributed by atoms with Crippen LogP contribution in [0.15, 0.2) is 66.7 Å². The molecular formula is C21H14Cl3O4P. The molecule has 0 aliphatic rings. The summed E-state index contributed by atoms with van der Waals surface area (Å²) >= 11 is 18.6. The smallest absolute Gasteiger partial charge is 0.249 e. The molecule has 0 heterocycles. The zero-order chi connectivity index (χ0) is 21.2. The van der Waals surface area contributed by atoms with Crippen LogP contribution in [0.1, 0.15) is 20.7 Å². The van der Waals surface area contributed by atoms with Gasteiger partial charge in [-0.15, -0.1) is 0 Å². The number of carbonyl (C=O) groups is 2. The van der Waals surface area contributed by atoms with Crippen LogP contribution in [0.5, 0.6) is 5.75 Å². The van der Waals surface area contributed by atoms with E-state index < -0.39 is 18.2 Å². The Hall–Kier alpha value is -2.10. The SMILES string of the molecule is COc1cccc(Cl)c1C(=O)P(=O)(C(=O)c1c(Cl)cccc1Cl)c1ccccc1. The lowest BCUT2D eigenvalue weighted by atomic mass is 10.2. The van der Waals surface area contributed by atoms with Gasteiger partial charge in [0.05, 0.1) is 33.3 Å². The Balaban J connectivity index is 2.31. The molecule has 0 fully saturated rings. The van der Waals surface area contributed by atoms with Crippen LogP contribution >= 0.6 is 41.9 Å². The molecule has 29 heavy (non-hydrogen) atoms. The minimum absolute atomic E-state index is 0.00224. The molecular weight excluding hydrogens is 454 g/mol. The average Bonchev–Trinajstić information content (AvgIpc) is 2.72. The van der Waals surface area contributed by atoms with Crippen LogP contribution in [0.4, 0.5) is 0 Å². The van der Waals surface area contributed by atoms with Gasteiger partial charge in [-0.05, 0) is 24.3 Å². The van der Waals surface area contributed by atoms with Crippen molar-refractivity contribution in [2.24, 2.45) is 0 Å². The van der Waals surface area contributed by atoms with E-state index in [9.17, 15) is 14.2 Å². The predicted molar refractivity (Wildman–Crippen MR) is 117 cm³/mol. The fourth-order valence-electron chi connectivity index (χ4n) is 2.86. The summed E-state index contributed by atoms with van der Waals surface area (Å²) in [5, 5.41) is 0.0617. The summed E-state index contributed by atoms with van der Waals surface area (Å²) in [6.07, 6.45) is 0. The van der Waals surface area contributed by atoms with Gasteiger partial charge >= 0.3 is 0 Å². The lowest BCUT2D eigenvalue weighted by molar-refractivity contribution is 0.104. The van der Waals surface area contributed by atoms with Crippen molar-refractivity contribution in [1.82, 2.24) is 0 Å². The number of halogens is 3. The maximum Gasteiger partial charge on any atom is 0.249 e. The third-order valence-electron chi connectivity index (χ3n) is 4.28. The monoisotopic (exact) mass is 466 g/mol. The third-order valence-corrected chi connectivity index (χ3v) is 7.84. The van der Waals surface area contributed by atoms with E-state index in [4.69, 9.17) is 39.5 Å². The largest absolute Gasteiger partial charge is 0.496 e. The molecule has 0 N–H and O–H groups in total. The Labute approximate surface area is 182 Å². The lowest BCUT2D eigenvalue weighted by Crippen LogP contribution is -2.21. The van der Waals surface area contributed by atoms with Crippen molar-refractivity contribution in [2.75, 3.05) is 7.11 Å². The van der Waals surface area contributed by atoms with Gasteiger partial charge in [0.25, 0.3) is 0 Å². The standard InChI is InChI=1S/C21H14Cl3O4P/c1-28-17-12-6-11-16(24)19(17)21(26)29(27,13-7-3-2-4-8-13)20(25)18-14(22)9-5-10-15(18)23/h2-12H,1H3. The summed E-state index contributed by atoms with van der Waals surface area (Å²) in [6.45, 7) is 0. The zero-order valence-corrected chi connectivity index (χ0v) is 18.2. The van der Waals surface area contributed by atoms with Crippen molar-refractivity contribution in [3.8, 4) is 5.75 Å². The molecule has 1 unspecified atom stereocenters. The van der Waals surface area contributed by atoms with Crippen LogP contribution in [0.2, 0.25) is 15.1 Å². The molecule has 0 spiro atoms. The Morgan fingerprint density at radius 1 is 0.724 bits per heavy atom. The zero-order valence-electron chi connectivity index (χ0n) is 15.1. The molecule has 3 aromatic rings. The number of ether oxygens (including phenoxy) is 1. The number of methoxy groups -OCH3 is 1. The van der Waals surface area contributed by atoms with E-state index in [0.29, 0.717) is 0 Å². The molecule has 0 bridgehead atoms. The second kappa shape index (κ2) is 8.73. The topological polar surface area (TPSA) is 60.4 Å². The molecule has 0 saturated heterocycles. The van der Waals surface area contributed by atoms with Gasteiger partial charge in [0.15, 0.2) is 0 Å². The summed E-state index contributed by atoms with van der Waals surface area (Å²) in [5.41, 5.74) is -2.24. The first-order valence-electron chi connectivity index (χ1n) is 8.34. The number of benzene rings is 3. The van der Waals surface area contributed by atoms with Crippen molar-refractivity contribution >= 4 is 58.3 Å². The van der Waals surface area contributed by atoms with Crippen molar-refractivity contribution in [1.29, 1.82) is 0 Å². The van der Waals surface area contributed by atoms with Gasteiger partial charge < -0.3 is 9.30 Å². The highest BCUT2D eigenvalue weighted by atomic mass is 35.5. The van der Waals surface area contributed by atoms with E-state index in [0.717, 1.165) is 0 Å². The van der Waals surface area contributed by atoms with Crippen LogP contribution in [0, 0.1) is 0 Å². The summed E-state index contributed by atoms with van der Waals surface area (Å²) < 4.78 is 19.4. The van der Waals surface area contributed by atoms with Crippen molar-refractivity contribution in [3.63, 3.8) is 0 Å². The second-order valence-electron chi connectivity index (χ2n) is 5.97. The van der Waals surface area contributed by atoms with Gasteiger partial charge in [-0.3, -0.25) is 9.59 Å². The highest BCUT2D eigenvalue weighted by Gasteiger charge is 2.45. The minimum atomic E-state index is -4.43. The highest BCUT2D eigenvalue weighted by Crippen LogP contribution is 2.54. The quantitative estimate of drug-likeness (QED) is 0.398. The maximum absolute atomic E-state index is 14.2. The number of hydrogen-bond acceptors (Lipinski definition) is 4.